The maximum atomic E-state index is 12.1. The predicted molar refractivity (Wildman–Crippen MR) is 105 cm³/mol. The first kappa shape index (κ1) is 17.9. The largest absolute Gasteiger partial charge is 0.338 e. The van der Waals surface area contributed by atoms with Crippen LogP contribution < -0.4 is 16.2 Å². The van der Waals surface area contributed by atoms with Crippen molar-refractivity contribution in [2.45, 2.75) is 6.54 Å². The van der Waals surface area contributed by atoms with E-state index in [4.69, 9.17) is 23.8 Å². The zero-order chi connectivity index (χ0) is 18.5. The Kier molecular flexibility index (Phi) is 5.50. The van der Waals surface area contributed by atoms with Gasteiger partial charge in [-0.05, 0) is 41.9 Å². The van der Waals surface area contributed by atoms with Crippen LogP contribution >= 0.6 is 23.8 Å². The van der Waals surface area contributed by atoms with Crippen molar-refractivity contribution in [3.63, 3.8) is 0 Å². The molecule has 132 valence electrons. The molecule has 0 aliphatic carbocycles. The fourth-order valence-corrected chi connectivity index (χ4v) is 2.81. The van der Waals surface area contributed by atoms with E-state index in [0.29, 0.717) is 10.6 Å². The molecule has 0 saturated heterocycles. The van der Waals surface area contributed by atoms with Crippen molar-refractivity contribution >= 4 is 51.6 Å². The highest BCUT2D eigenvalue weighted by molar-refractivity contribution is 7.80. The van der Waals surface area contributed by atoms with Crippen LogP contribution in [0.2, 0.25) is 5.02 Å². The summed E-state index contributed by atoms with van der Waals surface area (Å²) in [6.07, 6.45) is 1.84. The average Bonchev–Trinajstić information content (AvgIpc) is 3.03. The minimum Gasteiger partial charge on any atom is -0.338 e. The number of aromatic nitrogens is 1. The van der Waals surface area contributed by atoms with E-state index in [1.165, 1.54) is 0 Å². The lowest BCUT2D eigenvalue weighted by atomic mass is 10.2. The van der Waals surface area contributed by atoms with Crippen molar-refractivity contribution in [1.29, 1.82) is 0 Å². The molecule has 3 N–H and O–H groups in total. The van der Waals surface area contributed by atoms with Crippen LogP contribution in [-0.2, 0) is 11.3 Å². The number of carbonyl (C=O) groups excluding carboxylic acids is 2. The summed E-state index contributed by atoms with van der Waals surface area (Å²) in [6.45, 7) is 0.113. The number of halogens is 1. The highest BCUT2D eigenvalue weighted by Crippen LogP contribution is 2.15. The number of fused-ring (bicyclic) bond motifs is 1. The molecule has 1 aromatic heterocycles. The molecule has 0 bridgehead atoms. The van der Waals surface area contributed by atoms with Crippen LogP contribution in [0.4, 0.5) is 0 Å². The Balaban J connectivity index is 1.52. The molecule has 2 aromatic carbocycles. The Morgan fingerprint density at radius 3 is 2.54 bits per heavy atom. The van der Waals surface area contributed by atoms with Crippen LogP contribution in [-0.4, -0.2) is 21.5 Å². The van der Waals surface area contributed by atoms with Gasteiger partial charge in [-0.1, -0.05) is 41.9 Å². The van der Waals surface area contributed by atoms with Crippen LogP contribution in [0.1, 0.15) is 10.4 Å². The van der Waals surface area contributed by atoms with Crippen molar-refractivity contribution < 1.29 is 9.59 Å². The topological polar surface area (TPSA) is 75.2 Å². The normalized spacial score (nSPS) is 10.3. The van der Waals surface area contributed by atoms with Crippen molar-refractivity contribution in [1.82, 2.24) is 20.7 Å². The summed E-state index contributed by atoms with van der Waals surface area (Å²) in [4.78, 5) is 24.2. The van der Waals surface area contributed by atoms with Gasteiger partial charge in [0, 0.05) is 11.7 Å². The number of hydrogen-bond acceptors (Lipinski definition) is 3. The summed E-state index contributed by atoms with van der Waals surface area (Å²) in [5, 5.41) is 3.80. The number of nitrogens with one attached hydrogen (secondary N) is 3. The van der Waals surface area contributed by atoms with Crippen molar-refractivity contribution in [2.75, 3.05) is 0 Å². The molecule has 0 spiro atoms. The van der Waals surface area contributed by atoms with Crippen LogP contribution in [0.25, 0.3) is 10.9 Å². The summed E-state index contributed by atoms with van der Waals surface area (Å²) in [6, 6.07) is 16.3. The van der Waals surface area contributed by atoms with Gasteiger partial charge < -0.3 is 4.57 Å². The maximum Gasteiger partial charge on any atom is 0.258 e. The first-order chi connectivity index (χ1) is 12.5. The fourth-order valence-electron chi connectivity index (χ4n) is 2.45. The molecule has 0 atom stereocenters. The van der Waals surface area contributed by atoms with E-state index in [0.717, 1.165) is 10.9 Å². The summed E-state index contributed by atoms with van der Waals surface area (Å²) in [5.74, 6) is -0.764. The number of hydrogen-bond donors (Lipinski definition) is 3. The van der Waals surface area contributed by atoms with Gasteiger partial charge in [-0.3, -0.25) is 25.8 Å². The Labute approximate surface area is 160 Å². The second kappa shape index (κ2) is 7.99. The van der Waals surface area contributed by atoms with E-state index in [1.807, 2.05) is 41.1 Å². The minimum absolute atomic E-state index is 0.0272. The molecule has 0 fully saturated rings. The summed E-state index contributed by atoms with van der Waals surface area (Å²) < 4.78 is 1.82. The van der Waals surface area contributed by atoms with Crippen LogP contribution in [0.3, 0.4) is 0 Å². The number of para-hydroxylation sites is 1. The van der Waals surface area contributed by atoms with E-state index >= 15 is 0 Å². The number of nitrogens with zero attached hydrogens (tertiary/aromatic N) is 1. The van der Waals surface area contributed by atoms with Gasteiger partial charge in [0.15, 0.2) is 5.11 Å². The maximum absolute atomic E-state index is 12.1. The number of amides is 2. The van der Waals surface area contributed by atoms with Crippen molar-refractivity contribution in [2.24, 2.45) is 0 Å². The molecular weight excluding hydrogens is 372 g/mol. The number of thiocarbonyl (C=S) groups is 1. The van der Waals surface area contributed by atoms with E-state index in [1.54, 1.807) is 24.3 Å². The molecule has 0 aliphatic rings. The number of hydrazine groups is 1. The van der Waals surface area contributed by atoms with Gasteiger partial charge >= 0.3 is 0 Å². The summed E-state index contributed by atoms with van der Waals surface area (Å²) in [5.41, 5.74) is 6.22. The molecule has 8 heteroatoms. The van der Waals surface area contributed by atoms with Gasteiger partial charge in [0.25, 0.3) is 11.8 Å². The lowest BCUT2D eigenvalue weighted by Crippen LogP contribution is -2.49. The van der Waals surface area contributed by atoms with Crippen LogP contribution in [0.5, 0.6) is 0 Å². The van der Waals surface area contributed by atoms with E-state index in [-0.39, 0.29) is 17.6 Å². The Morgan fingerprint density at radius 1 is 1.00 bits per heavy atom. The standard InChI is InChI=1S/C18H15ClN4O2S/c19-14-7-3-2-6-13(14)17(25)20-18(26)22-21-16(24)11-23-10-9-12-5-1-4-8-15(12)23/h1-10H,11H2,(H,21,24)(H2,20,22,25,26). The van der Waals surface area contributed by atoms with Gasteiger partial charge in [0.05, 0.1) is 10.6 Å². The minimum atomic E-state index is -0.459. The SMILES string of the molecule is O=C(Cn1ccc2ccccc21)NNC(=S)NC(=O)c1ccccc1Cl. The van der Waals surface area contributed by atoms with Crippen LogP contribution in [0.15, 0.2) is 60.8 Å². The summed E-state index contributed by atoms with van der Waals surface area (Å²) >= 11 is 11.0. The van der Waals surface area contributed by atoms with Gasteiger partial charge in [-0.15, -0.1) is 0 Å². The molecule has 0 unspecified atom stereocenters. The van der Waals surface area contributed by atoms with Gasteiger partial charge in [-0.2, -0.15) is 0 Å². The quantitative estimate of drug-likeness (QED) is 0.478. The number of benzene rings is 2. The third kappa shape index (κ3) is 4.19. The Hall–Kier alpha value is -2.90. The van der Waals surface area contributed by atoms with E-state index in [2.05, 4.69) is 16.2 Å². The molecule has 0 radical (unpaired) electrons. The van der Waals surface area contributed by atoms with Gasteiger partial charge in [0.2, 0.25) is 0 Å². The second-order valence-corrected chi connectivity index (χ2v) is 6.25. The van der Waals surface area contributed by atoms with Gasteiger partial charge in [-0.25, -0.2) is 0 Å². The second-order valence-electron chi connectivity index (χ2n) is 5.44. The van der Waals surface area contributed by atoms with Crippen molar-refractivity contribution in [3.05, 3.63) is 71.4 Å². The lowest BCUT2D eigenvalue weighted by Gasteiger charge is -2.12. The molecule has 0 aliphatic heterocycles. The first-order valence-corrected chi connectivity index (χ1v) is 8.52. The molecular formula is C18H15ClN4O2S. The molecule has 3 rings (SSSR count). The Bertz CT molecular complexity index is 986. The average molecular weight is 387 g/mol. The first-order valence-electron chi connectivity index (χ1n) is 7.73. The predicted octanol–water partition coefficient (Wildman–Crippen LogP) is 2.63. The lowest BCUT2D eigenvalue weighted by molar-refractivity contribution is -0.122. The fraction of sp³-hybridized carbons (Fsp3) is 0.0556. The molecule has 0 saturated carbocycles. The van der Waals surface area contributed by atoms with E-state index in [9.17, 15) is 9.59 Å². The zero-order valence-electron chi connectivity index (χ0n) is 13.5. The number of rotatable bonds is 3. The molecule has 2 amide bonds. The Morgan fingerprint density at radius 2 is 1.73 bits per heavy atom. The molecule has 1 heterocycles. The number of carbonyl (C=O) groups is 2. The third-order valence-electron chi connectivity index (χ3n) is 3.66. The smallest absolute Gasteiger partial charge is 0.258 e. The van der Waals surface area contributed by atoms with Crippen molar-refractivity contribution in [3.8, 4) is 0 Å². The zero-order valence-corrected chi connectivity index (χ0v) is 15.1. The van der Waals surface area contributed by atoms with Crippen LogP contribution in [0, 0.1) is 0 Å². The molecule has 6 nitrogen and oxygen atoms in total. The van der Waals surface area contributed by atoms with E-state index < -0.39 is 5.91 Å². The highest BCUT2D eigenvalue weighted by atomic mass is 35.5. The highest BCUT2D eigenvalue weighted by Gasteiger charge is 2.12. The monoisotopic (exact) mass is 386 g/mol. The van der Waals surface area contributed by atoms with Gasteiger partial charge in [0.1, 0.15) is 6.54 Å². The third-order valence-corrected chi connectivity index (χ3v) is 4.19. The molecule has 26 heavy (non-hydrogen) atoms. The summed E-state index contributed by atoms with van der Waals surface area (Å²) in [7, 11) is 0. The molecule has 3 aromatic rings.